The van der Waals surface area contributed by atoms with Crippen molar-refractivity contribution in [3.05, 3.63) is 69.7 Å². The van der Waals surface area contributed by atoms with Gasteiger partial charge >= 0.3 is 0 Å². The molecule has 0 heterocycles. The fourth-order valence-corrected chi connectivity index (χ4v) is 4.16. The third-order valence-electron chi connectivity index (χ3n) is 5.67. The van der Waals surface area contributed by atoms with Crippen LogP contribution in [0.1, 0.15) is 44.3 Å². The first-order chi connectivity index (χ1) is 14.6. The average molecular weight is 423 g/mol. The molecule has 5 N–H and O–H groups in total. The lowest BCUT2D eigenvalue weighted by atomic mass is 9.70. The van der Waals surface area contributed by atoms with Crippen LogP contribution < -0.4 is 0 Å². The molecule has 6 heteroatoms. The monoisotopic (exact) mass is 422 g/mol. The van der Waals surface area contributed by atoms with E-state index in [2.05, 4.69) is 6.92 Å². The van der Waals surface area contributed by atoms with E-state index in [1.54, 1.807) is 18.2 Å². The van der Waals surface area contributed by atoms with Gasteiger partial charge in [0.15, 0.2) is 0 Å². The molecule has 0 aliphatic heterocycles. The maximum atomic E-state index is 10.7. The van der Waals surface area contributed by atoms with Crippen molar-refractivity contribution in [3.8, 4) is 0 Å². The van der Waals surface area contributed by atoms with Crippen molar-refractivity contribution in [2.75, 3.05) is 6.61 Å². The highest BCUT2D eigenvalue weighted by Crippen LogP contribution is 2.38. The van der Waals surface area contributed by atoms with Crippen LogP contribution in [0.25, 0.3) is 0 Å². The Hall–Kier alpha value is -1.47. The van der Waals surface area contributed by atoms with Crippen LogP contribution in [0.4, 0.5) is 0 Å². The zero-order valence-corrected chi connectivity index (χ0v) is 17.0. The lowest BCUT2D eigenvalue weighted by Gasteiger charge is -2.43. The molecule has 0 saturated heterocycles. The van der Waals surface area contributed by atoms with Crippen molar-refractivity contribution >= 4 is 11.6 Å². The van der Waals surface area contributed by atoms with Gasteiger partial charge in [-0.3, -0.25) is 0 Å². The minimum absolute atomic E-state index is 0.162. The second-order valence-electron chi connectivity index (χ2n) is 7.65. The predicted molar refractivity (Wildman–Crippen MR) is 112 cm³/mol. The summed E-state index contributed by atoms with van der Waals surface area (Å²) in [5.41, 5.74) is 2.04. The van der Waals surface area contributed by atoms with Crippen molar-refractivity contribution in [3.63, 3.8) is 0 Å². The van der Waals surface area contributed by atoms with Gasteiger partial charge in [0.25, 0.3) is 0 Å². The molecule has 1 saturated carbocycles. The van der Waals surface area contributed by atoms with Crippen molar-refractivity contribution in [1.29, 1.82) is 0 Å². The molecule has 1 fully saturated rings. The molecule has 3 rings (SSSR count). The normalized spacial score (nSPS) is 31.3. The Morgan fingerprint density at radius 2 is 1.55 bits per heavy atom. The van der Waals surface area contributed by atoms with E-state index in [9.17, 15) is 25.5 Å². The summed E-state index contributed by atoms with van der Waals surface area (Å²) in [4.78, 5) is 0. The molecule has 6 atom stereocenters. The van der Waals surface area contributed by atoms with Gasteiger partial charge in [0.2, 0.25) is 0 Å². The van der Waals surface area contributed by atoms with Crippen LogP contribution in [-0.4, -0.2) is 56.6 Å². The van der Waals surface area contributed by atoms with Crippen molar-refractivity contribution in [1.82, 2.24) is 0 Å². The number of aliphatic hydroxyl groups is 5. The number of hydrogen-bond donors (Lipinski definition) is 5. The summed E-state index contributed by atoms with van der Waals surface area (Å²) in [7, 11) is 0. The van der Waals surface area contributed by atoms with Crippen molar-refractivity contribution < 1.29 is 28.3 Å². The first kappa shape index (κ1) is 19.5. The average Bonchev–Trinajstić information content (AvgIpc) is 2.74. The molecular weight excluding hydrogens is 392 g/mol. The molecule has 2 aromatic carbocycles. The molecule has 158 valence electrons. The van der Waals surface area contributed by atoms with Gasteiger partial charge in [-0.25, -0.2) is 0 Å². The summed E-state index contributed by atoms with van der Waals surface area (Å²) in [5, 5.41) is 51.2. The molecule has 0 aromatic heterocycles. The Labute approximate surface area is 179 Å². The quantitative estimate of drug-likeness (QED) is 0.490. The molecule has 0 spiro atoms. The van der Waals surface area contributed by atoms with Gasteiger partial charge in [-0.05, 0) is 41.1 Å². The van der Waals surface area contributed by atoms with Crippen LogP contribution in [0.15, 0.2) is 42.5 Å². The molecule has 0 amide bonds. The Balaban J connectivity index is 2.01. The van der Waals surface area contributed by atoms with Gasteiger partial charge in [-0.2, -0.15) is 0 Å². The van der Waals surface area contributed by atoms with E-state index in [0.29, 0.717) is 11.1 Å². The van der Waals surface area contributed by atoms with Crippen molar-refractivity contribution in [2.45, 2.75) is 56.5 Å². The van der Waals surface area contributed by atoms with E-state index in [1.165, 1.54) is 12.1 Å². The van der Waals surface area contributed by atoms with Gasteiger partial charge in [0, 0.05) is 19.6 Å². The van der Waals surface area contributed by atoms with E-state index in [1.807, 2.05) is 12.1 Å². The summed E-state index contributed by atoms with van der Waals surface area (Å²) in [6.07, 6.45) is -5.94. The smallest absolute Gasteiger partial charge is 0.107 e. The molecule has 0 bridgehead atoms. The predicted octanol–water partition coefficient (Wildman–Crippen LogP) is 2.03. The van der Waals surface area contributed by atoms with E-state index in [4.69, 9.17) is 14.3 Å². The highest BCUT2D eigenvalue weighted by molar-refractivity contribution is 6.31. The first-order valence-corrected chi connectivity index (χ1v) is 10.2. The summed E-state index contributed by atoms with van der Waals surface area (Å²) < 4.78 is 17.4. The largest absolute Gasteiger partial charge is 0.396 e. The number of halogens is 1. The Bertz CT molecular complexity index is 892. The van der Waals surface area contributed by atoms with Gasteiger partial charge in [-0.1, -0.05) is 61.3 Å². The lowest BCUT2D eigenvalue weighted by Crippen LogP contribution is -2.58. The fourth-order valence-electron chi connectivity index (χ4n) is 3.99. The Morgan fingerprint density at radius 1 is 0.897 bits per heavy atom. The highest BCUT2D eigenvalue weighted by atomic mass is 35.5. The number of hydrogen-bond acceptors (Lipinski definition) is 5. The van der Waals surface area contributed by atoms with E-state index < -0.39 is 49.2 Å². The van der Waals surface area contributed by atoms with Gasteiger partial charge < -0.3 is 25.5 Å². The number of benzene rings is 2. The molecule has 1 aliphatic carbocycles. The van der Waals surface area contributed by atoms with Crippen LogP contribution in [0, 0.1) is 5.92 Å². The molecule has 5 nitrogen and oxygen atoms in total. The molecule has 0 radical (unpaired) electrons. The first-order valence-electron chi connectivity index (χ1n) is 10.9. The molecule has 0 unspecified atom stereocenters. The SMILES string of the molecule is [2H]C([2H])(c1ccc(CCC)cc1)c1cc([C@H]2[C@H](O)[C@@H](O)[C@H](O)[C@@H](CO)[C@@H]2O)ccc1Cl. The van der Waals surface area contributed by atoms with E-state index >= 15 is 0 Å². The summed E-state index contributed by atoms with van der Waals surface area (Å²) in [6.45, 7) is 1.50. The van der Waals surface area contributed by atoms with E-state index in [0.717, 1.165) is 18.4 Å². The van der Waals surface area contributed by atoms with Gasteiger partial charge in [0.05, 0.1) is 24.9 Å². The minimum Gasteiger partial charge on any atom is -0.396 e. The zero-order valence-electron chi connectivity index (χ0n) is 18.2. The van der Waals surface area contributed by atoms with Gasteiger partial charge in [0.1, 0.15) is 6.10 Å². The van der Waals surface area contributed by atoms with Crippen LogP contribution >= 0.6 is 11.6 Å². The number of aliphatic hydroxyl groups excluding tert-OH is 5. The Morgan fingerprint density at radius 3 is 2.17 bits per heavy atom. The zero-order chi connectivity index (χ0) is 22.9. The van der Waals surface area contributed by atoms with Crippen LogP contribution in [0.2, 0.25) is 5.02 Å². The van der Waals surface area contributed by atoms with Crippen LogP contribution in [-0.2, 0) is 12.8 Å². The molecular formula is C23H29ClO5. The van der Waals surface area contributed by atoms with E-state index in [-0.39, 0.29) is 10.6 Å². The molecule has 29 heavy (non-hydrogen) atoms. The summed E-state index contributed by atoms with van der Waals surface area (Å²) >= 11 is 6.34. The van der Waals surface area contributed by atoms with Crippen LogP contribution in [0.3, 0.4) is 0 Å². The maximum absolute atomic E-state index is 10.7. The number of aryl methyl sites for hydroxylation is 1. The topological polar surface area (TPSA) is 101 Å². The maximum Gasteiger partial charge on any atom is 0.107 e. The lowest BCUT2D eigenvalue weighted by molar-refractivity contribution is -0.169. The second kappa shape index (κ2) is 9.56. The third-order valence-corrected chi connectivity index (χ3v) is 6.00. The Kier molecular flexibility index (Phi) is 6.43. The van der Waals surface area contributed by atoms with Crippen LogP contribution in [0.5, 0.6) is 0 Å². The van der Waals surface area contributed by atoms with Crippen molar-refractivity contribution in [2.24, 2.45) is 5.92 Å². The highest BCUT2D eigenvalue weighted by Gasteiger charge is 2.48. The molecule has 1 aliphatic rings. The third kappa shape index (κ3) is 4.66. The number of rotatable bonds is 6. The second-order valence-corrected chi connectivity index (χ2v) is 8.05. The summed E-state index contributed by atoms with van der Waals surface area (Å²) in [5.74, 6) is -2.08. The minimum atomic E-state index is -1.95. The summed E-state index contributed by atoms with van der Waals surface area (Å²) in [6, 6.07) is 11.7. The molecule has 2 aromatic rings. The fraction of sp³-hybridized carbons (Fsp3) is 0.478. The standard InChI is InChI=1S/C23H29ClO5/c1-2-3-13-4-6-14(7-5-13)10-16-11-15(8-9-18(16)24)19-20(26)17(12-25)21(27)23(29)22(19)28/h4-9,11,17,19-23,25-29H,2-3,10,12H2,1H3/t17-,19+,20-,21+,22-,23-/m0/s1/i10D2. The van der Waals surface area contributed by atoms with Gasteiger partial charge in [-0.15, -0.1) is 0 Å².